The highest BCUT2D eigenvalue weighted by atomic mass is 16.5. The Morgan fingerprint density at radius 3 is 2.32 bits per heavy atom. The normalized spacial score (nSPS) is 11.7. The van der Waals surface area contributed by atoms with Gasteiger partial charge in [-0.2, -0.15) is 0 Å². The van der Waals surface area contributed by atoms with E-state index in [1.165, 1.54) is 18.2 Å². The number of carboxylic acids is 2. The van der Waals surface area contributed by atoms with Crippen LogP contribution in [-0.4, -0.2) is 34.7 Å². The number of aliphatic carboxylic acids is 1. The number of aromatic carboxylic acids is 1. The van der Waals surface area contributed by atoms with Crippen molar-refractivity contribution in [3.8, 4) is 0 Å². The maximum atomic E-state index is 12.0. The minimum Gasteiger partial charge on any atom is -0.481 e. The van der Waals surface area contributed by atoms with Crippen LogP contribution in [0.2, 0.25) is 0 Å². The maximum Gasteiger partial charge on any atom is 0.339 e. The van der Waals surface area contributed by atoms with Crippen LogP contribution in [0, 0.1) is 5.92 Å². The molecule has 0 aromatic heterocycles. The molecule has 22 heavy (non-hydrogen) atoms. The largest absolute Gasteiger partial charge is 0.481 e. The third-order valence-electron chi connectivity index (χ3n) is 3.26. The number of carbonyl (C=O) groups excluding carboxylic acids is 1. The predicted molar refractivity (Wildman–Crippen MR) is 79.0 cm³/mol. The van der Waals surface area contributed by atoms with Crippen molar-refractivity contribution in [3.05, 3.63) is 35.4 Å². The molecule has 120 valence electrons. The summed E-state index contributed by atoms with van der Waals surface area (Å²) in [5, 5.41) is 17.9. The molecule has 6 heteroatoms. The fourth-order valence-corrected chi connectivity index (χ4v) is 2.10. The number of carboxylic acid groups (broad SMARTS) is 2. The molecule has 2 N–H and O–H groups in total. The SMILES string of the molecule is CCCC[C@H](COC(=O)c1ccccc1C(=O)O)CC(=O)O. The van der Waals surface area contributed by atoms with Gasteiger partial charge in [-0.15, -0.1) is 0 Å². The van der Waals surface area contributed by atoms with Gasteiger partial charge < -0.3 is 14.9 Å². The van der Waals surface area contributed by atoms with E-state index in [1.807, 2.05) is 6.92 Å². The molecule has 0 aliphatic carbocycles. The van der Waals surface area contributed by atoms with Crippen molar-refractivity contribution in [1.29, 1.82) is 0 Å². The predicted octanol–water partition coefficient (Wildman–Crippen LogP) is 2.82. The zero-order chi connectivity index (χ0) is 16.5. The van der Waals surface area contributed by atoms with Crippen LogP contribution in [-0.2, 0) is 9.53 Å². The number of unbranched alkanes of at least 4 members (excludes halogenated alkanes) is 1. The lowest BCUT2D eigenvalue weighted by molar-refractivity contribution is -0.138. The summed E-state index contributed by atoms with van der Waals surface area (Å²) in [6.07, 6.45) is 2.34. The summed E-state index contributed by atoms with van der Waals surface area (Å²) < 4.78 is 5.11. The Bertz CT molecular complexity index is 537. The van der Waals surface area contributed by atoms with Crippen molar-refractivity contribution in [1.82, 2.24) is 0 Å². The number of ether oxygens (including phenoxy) is 1. The molecule has 0 aliphatic heterocycles. The highest BCUT2D eigenvalue weighted by Crippen LogP contribution is 2.16. The van der Waals surface area contributed by atoms with E-state index < -0.39 is 17.9 Å². The van der Waals surface area contributed by atoms with E-state index in [9.17, 15) is 14.4 Å². The Hall–Kier alpha value is -2.37. The van der Waals surface area contributed by atoms with Crippen LogP contribution in [0.5, 0.6) is 0 Å². The molecule has 0 amide bonds. The Morgan fingerprint density at radius 1 is 1.14 bits per heavy atom. The first-order valence-electron chi connectivity index (χ1n) is 7.17. The van der Waals surface area contributed by atoms with E-state index in [4.69, 9.17) is 14.9 Å². The number of benzene rings is 1. The highest BCUT2D eigenvalue weighted by molar-refractivity contribution is 6.02. The van der Waals surface area contributed by atoms with Crippen LogP contribution < -0.4 is 0 Å². The van der Waals surface area contributed by atoms with Crippen molar-refractivity contribution in [3.63, 3.8) is 0 Å². The third kappa shape index (κ3) is 5.55. The molecule has 0 unspecified atom stereocenters. The summed E-state index contributed by atoms with van der Waals surface area (Å²) >= 11 is 0. The summed E-state index contributed by atoms with van der Waals surface area (Å²) in [5.74, 6) is -3.16. The first kappa shape index (κ1) is 17.7. The molecule has 0 radical (unpaired) electrons. The van der Waals surface area contributed by atoms with Gasteiger partial charge >= 0.3 is 17.9 Å². The Morgan fingerprint density at radius 2 is 1.77 bits per heavy atom. The second-order valence-corrected chi connectivity index (χ2v) is 5.06. The molecule has 1 aromatic carbocycles. The maximum absolute atomic E-state index is 12.0. The minimum atomic E-state index is -1.21. The quantitative estimate of drug-likeness (QED) is 0.680. The van der Waals surface area contributed by atoms with Crippen LogP contribution in [0.15, 0.2) is 24.3 Å². The van der Waals surface area contributed by atoms with Crippen molar-refractivity contribution >= 4 is 17.9 Å². The molecule has 1 aromatic rings. The summed E-state index contributed by atoms with van der Waals surface area (Å²) in [4.78, 5) is 33.9. The number of hydrogen-bond acceptors (Lipinski definition) is 4. The smallest absolute Gasteiger partial charge is 0.339 e. The van der Waals surface area contributed by atoms with Crippen LogP contribution in [0.4, 0.5) is 0 Å². The van der Waals surface area contributed by atoms with Gasteiger partial charge in [-0.25, -0.2) is 9.59 Å². The minimum absolute atomic E-state index is 0.0282. The van der Waals surface area contributed by atoms with E-state index >= 15 is 0 Å². The molecule has 1 rings (SSSR count). The van der Waals surface area contributed by atoms with E-state index in [2.05, 4.69) is 0 Å². The zero-order valence-corrected chi connectivity index (χ0v) is 12.4. The van der Waals surface area contributed by atoms with Gasteiger partial charge in [0.05, 0.1) is 24.2 Å². The fraction of sp³-hybridized carbons (Fsp3) is 0.438. The average molecular weight is 308 g/mol. The van der Waals surface area contributed by atoms with E-state index in [-0.39, 0.29) is 30.1 Å². The molecule has 0 fully saturated rings. The van der Waals surface area contributed by atoms with Crippen LogP contribution >= 0.6 is 0 Å². The van der Waals surface area contributed by atoms with E-state index in [1.54, 1.807) is 6.07 Å². The van der Waals surface area contributed by atoms with Gasteiger partial charge in [0, 0.05) is 5.92 Å². The molecular formula is C16H20O6. The van der Waals surface area contributed by atoms with Gasteiger partial charge in [-0.1, -0.05) is 31.9 Å². The fourth-order valence-electron chi connectivity index (χ4n) is 2.10. The first-order chi connectivity index (χ1) is 10.5. The molecule has 0 heterocycles. The topological polar surface area (TPSA) is 101 Å². The first-order valence-corrected chi connectivity index (χ1v) is 7.17. The van der Waals surface area contributed by atoms with Gasteiger partial charge in [0.25, 0.3) is 0 Å². The van der Waals surface area contributed by atoms with Gasteiger partial charge in [-0.3, -0.25) is 4.79 Å². The molecule has 6 nitrogen and oxygen atoms in total. The second kappa shape index (κ2) is 8.81. The summed E-state index contributed by atoms with van der Waals surface area (Å²) in [5.41, 5.74) is -0.157. The van der Waals surface area contributed by atoms with E-state index in [0.29, 0.717) is 6.42 Å². The van der Waals surface area contributed by atoms with Crippen molar-refractivity contribution in [2.24, 2.45) is 5.92 Å². The summed E-state index contributed by atoms with van der Waals surface area (Å²) in [6, 6.07) is 5.78. The highest BCUT2D eigenvalue weighted by Gasteiger charge is 2.20. The Balaban J connectivity index is 2.70. The second-order valence-electron chi connectivity index (χ2n) is 5.06. The van der Waals surface area contributed by atoms with Gasteiger partial charge in [0.2, 0.25) is 0 Å². The summed E-state index contributed by atoms with van der Waals surface area (Å²) in [6.45, 7) is 1.96. The Labute approximate surface area is 128 Å². The lowest BCUT2D eigenvalue weighted by Gasteiger charge is -2.15. The van der Waals surface area contributed by atoms with Gasteiger partial charge in [0.1, 0.15) is 0 Å². The van der Waals surface area contributed by atoms with Crippen LogP contribution in [0.1, 0.15) is 53.3 Å². The van der Waals surface area contributed by atoms with Gasteiger partial charge in [0.15, 0.2) is 0 Å². The molecule has 0 saturated heterocycles. The third-order valence-corrected chi connectivity index (χ3v) is 3.26. The lowest BCUT2D eigenvalue weighted by Crippen LogP contribution is -2.19. The number of carbonyl (C=O) groups is 3. The molecule has 0 saturated carbocycles. The van der Waals surface area contributed by atoms with Crippen LogP contribution in [0.3, 0.4) is 0 Å². The number of hydrogen-bond donors (Lipinski definition) is 2. The molecule has 0 aliphatic rings. The molecule has 0 spiro atoms. The molecule has 0 bridgehead atoms. The number of rotatable bonds is 9. The average Bonchev–Trinajstić information content (AvgIpc) is 2.49. The lowest BCUT2D eigenvalue weighted by atomic mass is 9.99. The standard InChI is InChI=1S/C16H20O6/c1-2-3-6-11(9-14(17)18)10-22-16(21)13-8-5-4-7-12(13)15(19)20/h4-5,7-8,11H,2-3,6,9-10H2,1H3,(H,17,18)(H,19,20)/t11-/m0/s1. The zero-order valence-electron chi connectivity index (χ0n) is 12.4. The van der Waals surface area contributed by atoms with Gasteiger partial charge in [-0.05, 0) is 18.6 Å². The Kier molecular flexibility index (Phi) is 7.08. The van der Waals surface area contributed by atoms with Crippen molar-refractivity contribution in [2.45, 2.75) is 32.6 Å². The number of esters is 1. The van der Waals surface area contributed by atoms with Crippen molar-refractivity contribution in [2.75, 3.05) is 6.61 Å². The van der Waals surface area contributed by atoms with Crippen LogP contribution in [0.25, 0.3) is 0 Å². The molecule has 1 atom stereocenters. The van der Waals surface area contributed by atoms with E-state index in [0.717, 1.165) is 12.8 Å². The monoisotopic (exact) mass is 308 g/mol. The molecular weight excluding hydrogens is 288 g/mol. The van der Waals surface area contributed by atoms with Crippen molar-refractivity contribution < 1.29 is 29.3 Å². The summed E-state index contributed by atoms with van der Waals surface area (Å²) in [7, 11) is 0.